The minimum absolute atomic E-state index is 0.00794. The third-order valence-electron chi connectivity index (χ3n) is 4.85. The van der Waals surface area contributed by atoms with Crippen LogP contribution in [0.2, 0.25) is 5.02 Å². The van der Waals surface area contributed by atoms with Gasteiger partial charge in [-0.3, -0.25) is 14.5 Å². The summed E-state index contributed by atoms with van der Waals surface area (Å²) in [5, 5.41) is 4.12. The molecule has 0 saturated carbocycles. The molecule has 2 aliphatic heterocycles. The molecule has 1 fully saturated rings. The van der Waals surface area contributed by atoms with E-state index in [1.54, 1.807) is 23.1 Å². The maximum Gasteiger partial charge on any atom is 0.278 e. The van der Waals surface area contributed by atoms with Crippen LogP contribution in [0.3, 0.4) is 0 Å². The summed E-state index contributed by atoms with van der Waals surface area (Å²) in [6, 6.07) is 7.35. The molecule has 0 aromatic heterocycles. The molecular weight excluding hydrogens is 410 g/mol. The summed E-state index contributed by atoms with van der Waals surface area (Å²) in [6.07, 6.45) is 4.54. The predicted octanol–water partition coefficient (Wildman–Crippen LogP) is 3.71. The molecule has 2 atom stereocenters. The molecule has 6 nitrogen and oxygen atoms in total. The van der Waals surface area contributed by atoms with Crippen molar-refractivity contribution in [1.82, 2.24) is 10.2 Å². The smallest absolute Gasteiger partial charge is 0.278 e. The van der Waals surface area contributed by atoms with Crippen LogP contribution in [0.15, 0.2) is 35.0 Å². The largest absolute Gasteiger partial charge is 0.376 e. The van der Waals surface area contributed by atoms with Crippen LogP contribution >= 0.6 is 23.4 Å². The second-order valence-electron chi connectivity index (χ2n) is 7.19. The van der Waals surface area contributed by atoms with Gasteiger partial charge in [0.05, 0.1) is 18.4 Å². The average Bonchev–Trinajstić information content (AvgIpc) is 3.32. The van der Waals surface area contributed by atoms with Crippen molar-refractivity contribution in [3.63, 3.8) is 0 Å². The Morgan fingerprint density at radius 2 is 2.21 bits per heavy atom. The Bertz CT molecular complexity index is 804. The Morgan fingerprint density at radius 3 is 2.86 bits per heavy atom. The zero-order chi connectivity index (χ0) is 20.8. The number of aliphatic imine (C=N–C) groups is 1. The van der Waals surface area contributed by atoms with Gasteiger partial charge in [-0.1, -0.05) is 42.4 Å². The number of carbonyl (C=O) groups is 2. The van der Waals surface area contributed by atoms with Gasteiger partial charge in [0.2, 0.25) is 5.91 Å². The van der Waals surface area contributed by atoms with E-state index in [4.69, 9.17) is 16.3 Å². The molecule has 8 heteroatoms. The molecular formula is C21H26ClN3O3S. The number of thioether (sulfide) groups is 1. The lowest BCUT2D eigenvalue weighted by atomic mass is 10.2. The molecule has 156 valence electrons. The Morgan fingerprint density at radius 1 is 1.45 bits per heavy atom. The molecule has 2 amide bonds. The van der Waals surface area contributed by atoms with E-state index in [9.17, 15) is 9.59 Å². The third kappa shape index (κ3) is 6.07. The Labute approximate surface area is 180 Å². The van der Waals surface area contributed by atoms with E-state index in [1.807, 2.05) is 26.0 Å². The van der Waals surface area contributed by atoms with Crippen LogP contribution in [0, 0.1) is 0 Å². The summed E-state index contributed by atoms with van der Waals surface area (Å²) in [5.74, 6) is -0.0147. The standard InChI is InChI=1S/C21H26ClN3O3S/c1-3-14(2)23-19(26)13-29-21-24-18(11-15-6-8-16(22)9-7-15)20(27)25(21)12-17-5-4-10-28-17/h6-9,11,14,17H,3-5,10,12-13H2,1-2H3,(H,23,26)/b18-11+/t14-,17-/m0/s1. The maximum absolute atomic E-state index is 13.0. The van der Waals surface area contributed by atoms with Gasteiger partial charge in [0, 0.05) is 17.7 Å². The second-order valence-corrected chi connectivity index (χ2v) is 8.57. The van der Waals surface area contributed by atoms with Gasteiger partial charge in [-0.05, 0) is 50.0 Å². The molecule has 1 aromatic carbocycles. The van der Waals surface area contributed by atoms with Crippen LogP contribution in [0.1, 0.15) is 38.7 Å². The van der Waals surface area contributed by atoms with E-state index >= 15 is 0 Å². The summed E-state index contributed by atoms with van der Waals surface area (Å²) in [7, 11) is 0. The van der Waals surface area contributed by atoms with Gasteiger partial charge in [-0.15, -0.1) is 0 Å². The number of benzene rings is 1. The van der Waals surface area contributed by atoms with Crippen LogP contribution in [0.4, 0.5) is 0 Å². The molecule has 29 heavy (non-hydrogen) atoms. The molecule has 0 aliphatic carbocycles. The van der Waals surface area contributed by atoms with Gasteiger partial charge in [-0.25, -0.2) is 4.99 Å². The van der Waals surface area contributed by atoms with Crippen molar-refractivity contribution in [2.75, 3.05) is 18.9 Å². The summed E-state index contributed by atoms with van der Waals surface area (Å²) in [5.41, 5.74) is 1.20. The highest BCUT2D eigenvalue weighted by Crippen LogP contribution is 2.26. The van der Waals surface area contributed by atoms with Crippen LogP contribution in [0.5, 0.6) is 0 Å². The van der Waals surface area contributed by atoms with Gasteiger partial charge in [0.15, 0.2) is 5.17 Å². The molecule has 0 bridgehead atoms. The predicted molar refractivity (Wildman–Crippen MR) is 118 cm³/mol. The molecule has 2 aliphatic rings. The fourth-order valence-corrected chi connectivity index (χ4v) is 4.00. The Balaban J connectivity index is 1.74. The topological polar surface area (TPSA) is 71.0 Å². The fraction of sp³-hybridized carbons (Fsp3) is 0.476. The van der Waals surface area contributed by atoms with Gasteiger partial charge in [-0.2, -0.15) is 0 Å². The van der Waals surface area contributed by atoms with Crippen molar-refractivity contribution in [3.8, 4) is 0 Å². The van der Waals surface area contributed by atoms with Crippen LogP contribution < -0.4 is 5.32 Å². The van der Waals surface area contributed by atoms with E-state index in [1.165, 1.54) is 11.8 Å². The first-order valence-corrected chi connectivity index (χ1v) is 11.2. The zero-order valence-corrected chi connectivity index (χ0v) is 18.3. The number of carbonyl (C=O) groups excluding carboxylic acids is 2. The van der Waals surface area contributed by atoms with E-state index in [0.29, 0.717) is 22.4 Å². The molecule has 0 radical (unpaired) electrons. The third-order valence-corrected chi connectivity index (χ3v) is 6.08. The summed E-state index contributed by atoms with van der Waals surface area (Å²) in [4.78, 5) is 31.3. The summed E-state index contributed by atoms with van der Waals surface area (Å²) >= 11 is 7.22. The van der Waals surface area contributed by atoms with Crippen molar-refractivity contribution >= 4 is 46.4 Å². The van der Waals surface area contributed by atoms with E-state index in [0.717, 1.165) is 31.4 Å². The number of halogens is 1. The van der Waals surface area contributed by atoms with Crippen molar-refractivity contribution in [3.05, 3.63) is 40.5 Å². The molecule has 0 spiro atoms. The van der Waals surface area contributed by atoms with Gasteiger partial charge >= 0.3 is 0 Å². The molecule has 1 N–H and O–H groups in total. The van der Waals surface area contributed by atoms with Crippen molar-refractivity contribution in [2.24, 2.45) is 4.99 Å². The molecule has 1 aromatic rings. The van der Waals surface area contributed by atoms with Crippen molar-refractivity contribution in [2.45, 2.75) is 45.3 Å². The molecule has 2 heterocycles. The lowest BCUT2D eigenvalue weighted by molar-refractivity contribution is -0.123. The van der Waals surface area contributed by atoms with Crippen LogP contribution in [-0.2, 0) is 14.3 Å². The lowest BCUT2D eigenvalue weighted by Crippen LogP contribution is -2.38. The second kappa shape index (κ2) is 10.3. The monoisotopic (exact) mass is 435 g/mol. The number of rotatable bonds is 7. The number of amides is 2. The molecule has 0 unspecified atom stereocenters. The van der Waals surface area contributed by atoms with Gasteiger partial charge in [0.1, 0.15) is 5.70 Å². The molecule has 1 saturated heterocycles. The summed E-state index contributed by atoms with van der Waals surface area (Å²) < 4.78 is 5.70. The first-order chi connectivity index (χ1) is 14.0. The Hall–Kier alpha value is -1.83. The minimum Gasteiger partial charge on any atom is -0.376 e. The number of amidine groups is 1. The number of ether oxygens (including phenoxy) is 1. The average molecular weight is 436 g/mol. The van der Waals surface area contributed by atoms with Crippen molar-refractivity contribution < 1.29 is 14.3 Å². The first kappa shape index (κ1) is 21.9. The quantitative estimate of drug-likeness (QED) is 0.663. The fourth-order valence-electron chi connectivity index (χ4n) is 3.06. The van der Waals surface area contributed by atoms with E-state index in [2.05, 4.69) is 10.3 Å². The SMILES string of the molecule is CC[C@H](C)NC(=O)CSC1=N/C(=C/c2ccc(Cl)cc2)C(=O)N1C[C@@H]1CCCO1. The number of nitrogens with zero attached hydrogens (tertiary/aromatic N) is 2. The lowest BCUT2D eigenvalue weighted by Gasteiger charge is -2.21. The van der Waals surface area contributed by atoms with Crippen molar-refractivity contribution in [1.29, 1.82) is 0 Å². The van der Waals surface area contributed by atoms with Crippen LogP contribution in [-0.4, -0.2) is 52.9 Å². The highest BCUT2D eigenvalue weighted by molar-refractivity contribution is 8.14. The molecule has 3 rings (SSSR count). The number of hydrogen-bond donors (Lipinski definition) is 1. The highest BCUT2D eigenvalue weighted by Gasteiger charge is 2.33. The highest BCUT2D eigenvalue weighted by atomic mass is 35.5. The van der Waals surface area contributed by atoms with E-state index in [-0.39, 0.29) is 29.7 Å². The van der Waals surface area contributed by atoms with Crippen LogP contribution in [0.25, 0.3) is 6.08 Å². The van der Waals surface area contributed by atoms with Gasteiger partial charge in [0.25, 0.3) is 5.91 Å². The summed E-state index contributed by atoms with van der Waals surface area (Å²) in [6.45, 7) is 5.16. The maximum atomic E-state index is 13.0. The van der Waals surface area contributed by atoms with Gasteiger partial charge < -0.3 is 10.1 Å². The first-order valence-electron chi connectivity index (χ1n) is 9.88. The van der Waals surface area contributed by atoms with E-state index < -0.39 is 0 Å². The zero-order valence-electron chi connectivity index (χ0n) is 16.7. The Kier molecular flexibility index (Phi) is 7.75. The minimum atomic E-state index is -0.166. The normalized spacial score (nSPS) is 21.6. The number of nitrogens with one attached hydrogen (secondary N) is 1. The number of hydrogen-bond acceptors (Lipinski definition) is 5.